The minimum absolute atomic E-state index is 0. The van der Waals surface area contributed by atoms with E-state index in [0.29, 0.717) is 5.75 Å². The van der Waals surface area contributed by atoms with Crippen LogP contribution >= 0.6 is 17.0 Å². The lowest BCUT2D eigenvalue weighted by molar-refractivity contribution is 0.476. The first kappa shape index (κ1) is 8.14. The molecule has 0 aliphatic rings. The Morgan fingerprint density at radius 3 is 2.82 bits per heavy atom. The monoisotopic (exact) mass is 213 g/mol. The van der Waals surface area contributed by atoms with E-state index in [4.69, 9.17) is 5.11 Å². The average molecular weight is 214 g/mol. The fourth-order valence-corrected chi connectivity index (χ4v) is 1.04. The van der Waals surface area contributed by atoms with Gasteiger partial charge in [0.2, 0.25) is 0 Å². The highest BCUT2D eigenvalue weighted by Gasteiger charge is 1.92. The third kappa shape index (κ3) is 1.38. The van der Waals surface area contributed by atoms with E-state index in [1.54, 1.807) is 12.1 Å². The molecule has 0 atom stereocenters. The van der Waals surface area contributed by atoms with E-state index in [2.05, 4.69) is 4.98 Å². The van der Waals surface area contributed by atoms with Crippen LogP contribution in [0, 0.1) is 0 Å². The van der Waals surface area contributed by atoms with Gasteiger partial charge in [0, 0.05) is 17.8 Å². The van der Waals surface area contributed by atoms with Crippen molar-refractivity contribution in [3.05, 3.63) is 30.5 Å². The van der Waals surface area contributed by atoms with Gasteiger partial charge >= 0.3 is 0 Å². The highest BCUT2D eigenvalue weighted by atomic mass is 79.9. The molecular weight excluding hydrogens is 206 g/mol. The molecule has 0 fully saturated rings. The van der Waals surface area contributed by atoms with Crippen molar-refractivity contribution in [3.8, 4) is 5.75 Å². The molecule has 0 radical (unpaired) electrons. The Morgan fingerprint density at radius 2 is 2.00 bits per heavy atom. The molecule has 2 nitrogen and oxygen atoms in total. The summed E-state index contributed by atoms with van der Waals surface area (Å²) < 4.78 is 0. The zero-order valence-electron chi connectivity index (χ0n) is 5.74. The van der Waals surface area contributed by atoms with E-state index < -0.39 is 0 Å². The van der Waals surface area contributed by atoms with Crippen LogP contribution in [0.15, 0.2) is 30.5 Å². The summed E-state index contributed by atoms with van der Waals surface area (Å²) in [6.07, 6.45) is 1.85. The standard InChI is InChI=1S/C8H7NO.BrH/c10-7-2-1-6-3-4-9-8(6)5-7;/h1-5,9-10H;1H. The summed E-state index contributed by atoms with van der Waals surface area (Å²) in [5.74, 6) is 0.301. The van der Waals surface area contributed by atoms with E-state index in [9.17, 15) is 0 Å². The zero-order valence-corrected chi connectivity index (χ0v) is 7.46. The van der Waals surface area contributed by atoms with Crippen LogP contribution in [0.3, 0.4) is 0 Å². The summed E-state index contributed by atoms with van der Waals surface area (Å²) in [6, 6.07) is 7.22. The molecule has 11 heavy (non-hydrogen) atoms. The summed E-state index contributed by atoms with van der Waals surface area (Å²) in [5, 5.41) is 10.2. The number of hydrogen-bond donors (Lipinski definition) is 2. The SMILES string of the molecule is Br.Oc1ccc2cc[nH]c2c1. The van der Waals surface area contributed by atoms with Crippen molar-refractivity contribution in [2.75, 3.05) is 0 Å². The first-order valence-corrected chi connectivity index (χ1v) is 3.12. The molecule has 0 saturated heterocycles. The second-order valence-electron chi connectivity index (χ2n) is 2.25. The summed E-state index contributed by atoms with van der Waals surface area (Å²) in [5.41, 5.74) is 0.972. The number of nitrogens with one attached hydrogen (secondary N) is 1. The van der Waals surface area contributed by atoms with Crippen LogP contribution in [0.4, 0.5) is 0 Å². The zero-order chi connectivity index (χ0) is 6.97. The molecule has 1 heterocycles. The van der Waals surface area contributed by atoms with Crippen molar-refractivity contribution < 1.29 is 5.11 Å². The van der Waals surface area contributed by atoms with Gasteiger partial charge in [0.25, 0.3) is 0 Å². The number of H-pyrrole nitrogens is 1. The molecule has 1 aromatic heterocycles. The highest BCUT2D eigenvalue weighted by molar-refractivity contribution is 8.93. The molecule has 0 saturated carbocycles. The number of fused-ring (bicyclic) bond motifs is 1. The van der Waals surface area contributed by atoms with Crippen LogP contribution in [-0.4, -0.2) is 10.1 Å². The van der Waals surface area contributed by atoms with E-state index in [0.717, 1.165) is 10.9 Å². The molecule has 2 N–H and O–H groups in total. The molecule has 0 spiro atoms. The Labute approximate surface area is 74.6 Å². The Bertz CT molecular complexity index is 356. The number of phenols is 1. The maximum Gasteiger partial charge on any atom is 0.117 e. The number of aromatic hydroxyl groups is 1. The summed E-state index contributed by atoms with van der Waals surface area (Å²) >= 11 is 0. The number of aromatic nitrogens is 1. The van der Waals surface area contributed by atoms with Gasteiger partial charge in [0.05, 0.1) is 0 Å². The molecular formula is C8H8BrNO. The Kier molecular flexibility index (Phi) is 2.19. The molecule has 2 rings (SSSR count). The Balaban J connectivity index is 0.000000605. The molecule has 0 aliphatic heterocycles. The summed E-state index contributed by atoms with van der Waals surface area (Å²) in [6.45, 7) is 0. The van der Waals surface area contributed by atoms with Gasteiger partial charge in [-0.3, -0.25) is 0 Å². The summed E-state index contributed by atoms with van der Waals surface area (Å²) in [4.78, 5) is 3.00. The minimum atomic E-state index is 0. The quantitative estimate of drug-likeness (QED) is 0.694. The lowest BCUT2D eigenvalue weighted by atomic mass is 10.2. The molecule has 3 heteroatoms. The lowest BCUT2D eigenvalue weighted by Gasteiger charge is -1.89. The van der Waals surface area contributed by atoms with Crippen molar-refractivity contribution >= 4 is 27.9 Å². The average Bonchev–Trinajstić information content (AvgIpc) is 2.33. The van der Waals surface area contributed by atoms with Gasteiger partial charge in [0.15, 0.2) is 0 Å². The maximum atomic E-state index is 9.03. The molecule has 0 aliphatic carbocycles. The number of rotatable bonds is 0. The van der Waals surface area contributed by atoms with Crippen LogP contribution in [0.5, 0.6) is 5.75 Å². The first-order chi connectivity index (χ1) is 4.86. The number of aromatic amines is 1. The van der Waals surface area contributed by atoms with Gasteiger partial charge in [-0.1, -0.05) is 0 Å². The van der Waals surface area contributed by atoms with Crippen LogP contribution in [0.1, 0.15) is 0 Å². The first-order valence-electron chi connectivity index (χ1n) is 3.12. The molecule has 58 valence electrons. The Hall–Kier alpha value is -0.960. The number of phenolic OH excluding ortho intramolecular Hbond substituents is 1. The van der Waals surface area contributed by atoms with Crippen LogP contribution in [0.2, 0.25) is 0 Å². The normalized spacial score (nSPS) is 9.45. The van der Waals surface area contributed by atoms with E-state index in [1.807, 2.05) is 18.3 Å². The lowest BCUT2D eigenvalue weighted by Crippen LogP contribution is -1.65. The minimum Gasteiger partial charge on any atom is -0.508 e. The predicted molar refractivity (Wildman–Crippen MR) is 50.3 cm³/mol. The van der Waals surface area contributed by atoms with E-state index >= 15 is 0 Å². The molecule has 2 aromatic rings. The van der Waals surface area contributed by atoms with E-state index in [1.165, 1.54) is 0 Å². The van der Waals surface area contributed by atoms with Crippen molar-refractivity contribution in [2.45, 2.75) is 0 Å². The number of hydrogen-bond acceptors (Lipinski definition) is 1. The van der Waals surface area contributed by atoms with Gasteiger partial charge in [-0.05, 0) is 23.6 Å². The van der Waals surface area contributed by atoms with Crippen LogP contribution < -0.4 is 0 Å². The summed E-state index contributed by atoms with van der Waals surface area (Å²) in [7, 11) is 0. The molecule has 1 aromatic carbocycles. The van der Waals surface area contributed by atoms with Crippen molar-refractivity contribution in [1.29, 1.82) is 0 Å². The Morgan fingerprint density at radius 1 is 1.18 bits per heavy atom. The van der Waals surface area contributed by atoms with Crippen molar-refractivity contribution in [3.63, 3.8) is 0 Å². The molecule has 0 unspecified atom stereocenters. The highest BCUT2D eigenvalue weighted by Crippen LogP contribution is 2.17. The van der Waals surface area contributed by atoms with Crippen LogP contribution in [0.25, 0.3) is 10.9 Å². The predicted octanol–water partition coefficient (Wildman–Crippen LogP) is 2.45. The molecule has 0 amide bonds. The molecule has 0 bridgehead atoms. The second-order valence-corrected chi connectivity index (χ2v) is 2.25. The van der Waals surface area contributed by atoms with Crippen molar-refractivity contribution in [1.82, 2.24) is 4.98 Å². The third-order valence-corrected chi connectivity index (χ3v) is 1.54. The fourth-order valence-electron chi connectivity index (χ4n) is 1.04. The van der Waals surface area contributed by atoms with Gasteiger partial charge in [-0.2, -0.15) is 0 Å². The second kappa shape index (κ2) is 2.96. The van der Waals surface area contributed by atoms with Gasteiger partial charge < -0.3 is 10.1 Å². The fraction of sp³-hybridized carbons (Fsp3) is 0. The van der Waals surface area contributed by atoms with Gasteiger partial charge in [0.1, 0.15) is 5.75 Å². The topological polar surface area (TPSA) is 36.0 Å². The van der Waals surface area contributed by atoms with Crippen molar-refractivity contribution in [2.24, 2.45) is 0 Å². The number of benzene rings is 1. The van der Waals surface area contributed by atoms with Gasteiger partial charge in [-0.25, -0.2) is 0 Å². The van der Waals surface area contributed by atoms with Crippen LogP contribution in [-0.2, 0) is 0 Å². The number of halogens is 1. The smallest absolute Gasteiger partial charge is 0.117 e. The van der Waals surface area contributed by atoms with E-state index in [-0.39, 0.29) is 17.0 Å². The third-order valence-electron chi connectivity index (χ3n) is 1.54. The maximum absolute atomic E-state index is 9.03. The van der Waals surface area contributed by atoms with Gasteiger partial charge in [-0.15, -0.1) is 17.0 Å². The largest absolute Gasteiger partial charge is 0.508 e.